The van der Waals surface area contributed by atoms with Gasteiger partial charge in [0.25, 0.3) is 5.91 Å². The number of rotatable bonds is 6. The van der Waals surface area contributed by atoms with Crippen LogP contribution in [0.25, 0.3) is 22.3 Å². The maximum atomic E-state index is 13.4. The largest absolute Gasteiger partial charge is 0.338 e. The van der Waals surface area contributed by atoms with E-state index in [-0.39, 0.29) is 18.2 Å². The summed E-state index contributed by atoms with van der Waals surface area (Å²) in [4.78, 5) is 26.1. The van der Waals surface area contributed by atoms with Gasteiger partial charge in [-0.25, -0.2) is 5.10 Å². The first-order valence-electron chi connectivity index (χ1n) is 10.9. The number of halogens is 2. The van der Waals surface area contributed by atoms with Gasteiger partial charge in [0.2, 0.25) is 5.91 Å². The molecule has 9 nitrogen and oxygen atoms in total. The van der Waals surface area contributed by atoms with E-state index in [4.69, 9.17) is 11.6 Å². The number of aryl methyl sites for hydroxylation is 1. The number of carbonyl (C=O) groups is 2. The number of nitrogens with one attached hydrogen (secondary N) is 3. The Balaban J connectivity index is 1.46. The summed E-state index contributed by atoms with van der Waals surface area (Å²) in [6.45, 7) is 0. The average Bonchev–Trinajstić information content (AvgIpc) is 3.52. The summed E-state index contributed by atoms with van der Waals surface area (Å²) >= 11 is 9.72. The summed E-state index contributed by atoms with van der Waals surface area (Å²) in [6.07, 6.45) is 0.242. The molecule has 36 heavy (non-hydrogen) atoms. The van der Waals surface area contributed by atoms with Crippen LogP contribution in [0.15, 0.2) is 71.2 Å². The number of amides is 2. The van der Waals surface area contributed by atoms with Gasteiger partial charge in [-0.15, -0.1) is 5.10 Å². The predicted octanol–water partition coefficient (Wildman–Crippen LogP) is 5.21. The highest BCUT2D eigenvalue weighted by molar-refractivity contribution is 9.10. The lowest BCUT2D eigenvalue weighted by molar-refractivity contribution is -0.115. The van der Waals surface area contributed by atoms with Crippen molar-refractivity contribution in [3.05, 3.63) is 87.5 Å². The van der Waals surface area contributed by atoms with Gasteiger partial charge in [-0.3, -0.25) is 9.59 Å². The molecule has 2 amide bonds. The quantitative estimate of drug-likeness (QED) is 0.262. The van der Waals surface area contributed by atoms with Crippen molar-refractivity contribution in [2.75, 3.05) is 10.6 Å². The molecular weight excluding hydrogens is 546 g/mol. The molecule has 11 heteroatoms. The molecule has 2 heterocycles. The zero-order valence-electron chi connectivity index (χ0n) is 18.9. The number of carbonyl (C=O) groups excluding carboxylic acids is 2. The molecule has 0 spiro atoms. The minimum atomic E-state index is -0.349. The third-order valence-electron chi connectivity index (χ3n) is 5.69. The number of hydrogen-bond donors (Lipinski definition) is 3. The van der Waals surface area contributed by atoms with E-state index in [0.717, 1.165) is 15.4 Å². The fourth-order valence-electron chi connectivity index (χ4n) is 4.01. The molecule has 0 saturated carbocycles. The third kappa shape index (κ3) is 4.73. The zero-order chi connectivity index (χ0) is 25.2. The van der Waals surface area contributed by atoms with E-state index >= 15 is 0 Å². The molecule has 0 aliphatic rings. The Bertz CT molecular complexity index is 1580. The van der Waals surface area contributed by atoms with E-state index in [1.165, 1.54) is 0 Å². The number of tetrazole rings is 1. The van der Waals surface area contributed by atoms with E-state index in [1.807, 2.05) is 42.5 Å². The average molecular weight is 565 g/mol. The van der Waals surface area contributed by atoms with Gasteiger partial charge in [0.1, 0.15) is 5.69 Å². The van der Waals surface area contributed by atoms with Crippen LogP contribution in [-0.2, 0) is 18.3 Å². The smallest absolute Gasteiger partial charge is 0.272 e. The van der Waals surface area contributed by atoms with Gasteiger partial charge in [-0.2, -0.15) is 0 Å². The van der Waals surface area contributed by atoms with Gasteiger partial charge < -0.3 is 15.2 Å². The highest BCUT2D eigenvalue weighted by atomic mass is 79.9. The Hall–Kier alpha value is -4.02. The Morgan fingerprint density at radius 1 is 1.03 bits per heavy atom. The van der Waals surface area contributed by atoms with Gasteiger partial charge >= 0.3 is 0 Å². The van der Waals surface area contributed by atoms with Crippen LogP contribution in [0.5, 0.6) is 0 Å². The number of benzene rings is 3. The van der Waals surface area contributed by atoms with Gasteiger partial charge in [0, 0.05) is 27.5 Å². The molecule has 0 atom stereocenters. The van der Waals surface area contributed by atoms with Crippen molar-refractivity contribution in [3.8, 4) is 11.4 Å². The monoisotopic (exact) mass is 563 g/mol. The van der Waals surface area contributed by atoms with Crippen LogP contribution in [0.4, 0.5) is 11.4 Å². The van der Waals surface area contributed by atoms with Crippen LogP contribution in [0.3, 0.4) is 0 Å². The minimum absolute atomic E-state index is 0.150. The molecule has 5 rings (SSSR count). The van der Waals surface area contributed by atoms with Crippen LogP contribution in [-0.4, -0.2) is 37.0 Å². The number of fused-ring (bicyclic) bond motifs is 1. The SMILES string of the molecule is Cn1c(C(=O)Nc2ccc(Cl)cc2-c2nnn[nH]2)cc2c(Br)ccc(NC(=O)Cc3ccccc3)c21. The summed E-state index contributed by atoms with van der Waals surface area (Å²) < 4.78 is 2.55. The number of nitrogens with zero attached hydrogens (tertiary/aromatic N) is 4. The van der Waals surface area contributed by atoms with E-state index in [2.05, 4.69) is 47.2 Å². The highest BCUT2D eigenvalue weighted by Gasteiger charge is 2.20. The molecule has 3 N–H and O–H groups in total. The molecule has 0 bridgehead atoms. The molecule has 0 unspecified atom stereocenters. The standard InChI is InChI=1S/C25H19BrClN7O2/c1-34-21(25(36)29-19-9-7-15(27)12-17(19)24-30-32-33-31-24)13-16-18(26)8-10-20(23(16)34)28-22(35)11-14-5-3-2-4-6-14/h2-10,12-13H,11H2,1H3,(H,28,35)(H,29,36)(H,30,31,32,33). The lowest BCUT2D eigenvalue weighted by Gasteiger charge is -2.12. The van der Waals surface area contributed by atoms with Crippen LogP contribution >= 0.6 is 27.5 Å². The Morgan fingerprint density at radius 3 is 2.56 bits per heavy atom. The van der Waals surface area contributed by atoms with E-state index < -0.39 is 0 Å². The lowest BCUT2D eigenvalue weighted by Crippen LogP contribution is -2.17. The summed E-state index contributed by atoms with van der Waals surface area (Å²) in [6, 6.07) is 20.0. The van der Waals surface area contributed by atoms with Crippen molar-refractivity contribution in [1.29, 1.82) is 0 Å². The van der Waals surface area contributed by atoms with Gasteiger partial charge in [-0.05, 0) is 52.4 Å². The molecular formula is C25H19BrClN7O2. The summed E-state index contributed by atoms with van der Waals surface area (Å²) in [5, 5.41) is 21.0. The number of anilines is 2. The molecule has 3 aromatic carbocycles. The second-order valence-corrected chi connectivity index (χ2v) is 9.34. The highest BCUT2D eigenvalue weighted by Crippen LogP contribution is 2.34. The van der Waals surface area contributed by atoms with Crippen molar-refractivity contribution >= 4 is 61.6 Å². The summed E-state index contributed by atoms with van der Waals surface area (Å²) in [7, 11) is 1.78. The number of aromatic amines is 1. The molecule has 5 aromatic rings. The van der Waals surface area contributed by atoms with E-state index in [9.17, 15) is 9.59 Å². The Morgan fingerprint density at radius 2 is 1.81 bits per heavy atom. The zero-order valence-corrected chi connectivity index (χ0v) is 21.3. The minimum Gasteiger partial charge on any atom is -0.338 e. The first-order valence-corrected chi connectivity index (χ1v) is 12.0. The molecule has 2 aromatic heterocycles. The Labute approximate surface area is 219 Å². The second kappa shape index (κ2) is 9.92. The maximum Gasteiger partial charge on any atom is 0.272 e. The molecule has 180 valence electrons. The first kappa shape index (κ1) is 23.7. The van der Waals surface area contributed by atoms with Crippen LogP contribution in [0.1, 0.15) is 16.1 Å². The fourth-order valence-corrected chi connectivity index (χ4v) is 4.62. The van der Waals surface area contributed by atoms with Gasteiger partial charge in [0.15, 0.2) is 5.82 Å². The molecule has 0 fully saturated rings. The van der Waals surface area contributed by atoms with Crippen molar-refractivity contribution < 1.29 is 9.59 Å². The van der Waals surface area contributed by atoms with E-state index in [0.29, 0.717) is 39.0 Å². The third-order valence-corrected chi connectivity index (χ3v) is 6.61. The van der Waals surface area contributed by atoms with Crippen LogP contribution in [0.2, 0.25) is 5.02 Å². The molecule has 0 aliphatic heterocycles. The maximum absolute atomic E-state index is 13.4. The fraction of sp³-hybridized carbons (Fsp3) is 0.0800. The topological polar surface area (TPSA) is 118 Å². The van der Waals surface area contributed by atoms with Gasteiger partial charge in [0.05, 0.1) is 23.3 Å². The number of H-pyrrole nitrogens is 1. The second-order valence-electron chi connectivity index (χ2n) is 8.05. The Kier molecular flexibility index (Phi) is 6.53. The molecule has 0 aliphatic carbocycles. The van der Waals surface area contributed by atoms with Crippen LogP contribution in [0, 0.1) is 0 Å². The van der Waals surface area contributed by atoms with E-state index in [1.54, 1.807) is 35.9 Å². The lowest BCUT2D eigenvalue weighted by atomic mass is 10.1. The molecule has 0 radical (unpaired) electrons. The first-order chi connectivity index (χ1) is 17.4. The normalized spacial score (nSPS) is 11.0. The summed E-state index contributed by atoms with van der Waals surface area (Å²) in [5.74, 6) is -0.127. The van der Waals surface area contributed by atoms with Crippen molar-refractivity contribution in [2.45, 2.75) is 6.42 Å². The number of hydrogen-bond acceptors (Lipinski definition) is 5. The molecule has 0 saturated heterocycles. The van der Waals surface area contributed by atoms with Gasteiger partial charge in [-0.1, -0.05) is 57.9 Å². The summed E-state index contributed by atoms with van der Waals surface area (Å²) in [5.41, 5.74) is 3.67. The van der Waals surface area contributed by atoms with Crippen molar-refractivity contribution in [2.24, 2.45) is 7.05 Å². The van der Waals surface area contributed by atoms with Crippen molar-refractivity contribution in [1.82, 2.24) is 25.2 Å². The van der Waals surface area contributed by atoms with Crippen LogP contribution < -0.4 is 10.6 Å². The van der Waals surface area contributed by atoms with Crippen molar-refractivity contribution in [3.63, 3.8) is 0 Å². The predicted molar refractivity (Wildman–Crippen MR) is 142 cm³/mol. The number of aromatic nitrogens is 5.